The van der Waals surface area contributed by atoms with Crippen LogP contribution in [0.2, 0.25) is 0 Å². The number of carbonyl (C=O) groups is 1. The molecule has 0 unspecified atom stereocenters. The highest BCUT2D eigenvalue weighted by molar-refractivity contribution is 7.15. The van der Waals surface area contributed by atoms with Gasteiger partial charge in [-0.1, -0.05) is 31.2 Å². The van der Waals surface area contributed by atoms with Gasteiger partial charge in [0.25, 0.3) is 0 Å². The molecule has 0 atom stereocenters. The molecule has 0 radical (unpaired) electrons. The Morgan fingerprint density at radius 2 is 2.12 bits per heavy atom. The molecule has 0 spiro atoms. The van der Waals surface area contributed by atoms with Crippen LogP contribution in [0, 0.1) is 6.92 Å². The fourth-order valence-corrected chi connectivity index (χ4v) is 2.78. The summed E-state index contributed by atoms with van der Waals surface area (Å²) in [6.45, 7) is 3.89. The molecule has 3 nitrogen and oxygen atoms in total. The van der Waals surface area contributed by atoms with Gasteiger partial charge < -0.3 is 5.11 Å². The summed E-state index contributed by atoms with van der Waals surface area (Å²) in [5.41, 5.74) is 2.30. The van der Waals surface area contributed by atoms with Gasteiger partial charge in [0.1, 0.15) is 0 Å². The minimum absolute atomic E-state index is 0.161. The van der Waals surface area contributed by atoms with Crippen molar-refractivity contribution in [1.82, 2.24) is 4.98 Å². The number of carboxylic acid groups (broad SMARTS) is 1. The molecule has 4 heteroatoms. The third-order valence-corrected chi connectivity index (χ3v) is 3.58. The van der Waals surface area contributed by atoms with Crippen LogP contribution in [0.15, 0.2) is 24.3 Å². The molecule has 0 aliphatic carbocycles. The lowest BCUT2D eigenvalue weighted by Gasteiger charge is -2.05. The molecule has 1 aromatic heterocycles. The normalized spacial score (nSPS) is 10.5. The van der Waals surface area contributed by atoms with Gasteiger partial charge in [0.15, 0.2) is 5.69 Å². The molecule has 88 valence electrons. The lowest BCUT2D eigenvalue weighted by atomic mass is 10.0. The molecular weight excluding hydrogens is 234 g/mol. The number of aromatic nitrogens is 1. The van der Waals surface area contributed by atoms with E-state index in [0.29, 0.717) is 0 Å². The predicted octanol–water partition coefficient (Wildman–Crippen LogP) is 3.38. The summed E-state index contributed by atoms with van der Waals surface area (Å²) in [5, 5.41) is 9.93. The molecule has 0 saturated carbocycles. The van der Waals surface area contributed by atoms with E-state index in [1.807, 2.05) is 31.2 Å². The van der Waals surface area contributed by atoms with E-state index in [4.69, 9.17) is 5.11 Å². The largest absolute Gasteiger partial charge is 0.476 e. The zero-order chi connectivity index (χ0) is 12.4. The van der Waals surface area contributed by atoms with Crippen molar-refractivity contribution in [3.63, 3.8) is 0 Å². The molecule has 0 fully saturated rings. The number of rotatable bonds is 3. The molecule has 1 aromatic carbocycles. The zero-order valence-electron chi connectivity index (χ0n) is 9.73. The second-order valence-corrected chi connectivity index (χ2v) is 4.93. The number of aromatic carboxylic acids is 1. The summed E-state index contributed by atoms with van der Waals surface area (Å²) in [4.78, 5) is 16.0. The summed E-state index contributed by atoms with van der Waals surface area (Å²) in [6, 6.07) is 7.88. The number of hydrogen-bond donors (Lipinski definition) is 1. The second-order valence-electron chi connectivity index (χ2n) is 3.73. The standard InChI is InChI=1S/C13H13NO2S/c1-3-9-6-4-5-7-10(9)12-11(13(15)16)14-8(2)17-12/h4-7H,3H2,1-2H3,(H,15,16). The first-order valence-electron chi connectivity index (χ1n) is 5.42. The molecule has 1 heterocycles. The first-order valence-corrected chi connectivity index (χ1v) is 6.24. The van der Waals surface area contributed by atoms with Crippen molar-refractivity contribution >= 4 is 17.3 Å². The maximum absolute atomic E-state index is 11.2. The number of carboxylic acids is 1. The fourth-order valence-electron chi connectivity index (χ4n) is 1.80. The Kier molecular flexibility index (Phi) is 3.24. The monoisotopic (exact) mass is 247 g/mol. The van der Waals surface area contributed by atoms with Crippen LogP contribution in [0.5, 0.6) is 0 Å². The quantitative estimate of drug-likeness (QED) is 0.904. The molecule has 17 heavy (non-hydrogen) atoms. The zero-order valence-corrected chi connectivity index (χ0v) is 10.5. The predicted molar refractivity (Wildman–Crippen MR) is 68.6 cm³/mol. The number of benzene rings is 1. The van der Waals surface area contributed by atoms with E-state index in [-0.39, 0.29) is 5.69 Å². The average molecular weight is 247 g/mol. The van der Waals surface area contributed by atoms with Crippen molar-refractivity contribution in [2.24, 2.45) is 0 Å². The minimum atomic E-state index is -0.963. The number of thiazole rings is 1. The van der Waals surface area contributed by atoms with Crippen LogP contribution >= 0.6 is 11.3 Å². The Hall–Kier alpha value is -1.68. The van der Waals surface area contributed by atoms with Crippen LogP contribution in [-0.2, 0) is 6.42 Å². The van der Waals surface area contributed by atoms with Gasteiger partial charge in [-0.15, -0.1) is 11.3 Å². The van der Waals surface area contributed by atoms with Gasteiger partial charge in [-0.2, -0.15) is 0 Å². The van der Waals surface area contributed by atoms with Crippen molar-refractivity contribution in [3.05, 3.63) is 40.5 Å². The molecule has 1 N–H and O–H groups in total. The highest BCUT2D eigenvalue weighted by Gasteiger charge is 2.18. The first-order chi connectivity index (χ1) is 8.13. The third kappa shape index (κ3) is 2.22. The summed E-state index contributed by atoms with van der Waals surface area (Å²) >= 11 is 1.43. The molecule has 0 aliphatic rings. The van der Waals surface area contributed by atoms with Crippen molar-refractivity contribution in [2.45, 2.75) is 20.3 Å². The lowest BCUT2D eigenvalue weighted by Crippen LogP contribution is -1.99. The molecular formula is C13H13NO2S. The van der Waals surface area contributed by atoms with Crippen LogP contribution in [0.25, 0.3) is 10.4 Å². The maximum atomic E-state index is 11.2. The number of aryl methyl sites for hydroxylation is 2. The molecule has 0 aliphatic heterocycles. The summed E-state index contributed by atoms with van der Waals surface area (Å²) in [5.74, 6) is -0.963. The Bertz CT molecular complexity index is 560. The molecule has 0 amide bonds. The fraction of sp³-hybridized carbons (Fsp3) is 0.231. The summed E-state index contributed by atoms with van der Waals surface area (Å²) in [7, 11) is 0. The van der Waals surface area contributed by atoms with E-state index in [2.05, 4.69) is 11.9 Å². The van der Waals surface area contributed by atoms with E-state index in [9.17, 15) is 4.79 Å². The van der Waals surface area contributed by atoms with Gasteiger partial charge in [-0.3, -0.25) is 0 Å². The highest BCUT2D eigenvalue weighted by Crippen LogP contribution is 2.32. The van der Waals surface area contributed by atoms with Gasteiger partial charge in [-0.05, 0) is 24.5 Å². The van der Waals surface area contributed by atoms with Gasteiger partial charge in [0.2, 0.25) is 0 Å². The maximum Gasteiger partial charge on any atom is 0.356 e. The summed E-state index contributed by atoms with van der Waals surface area (Å²) < 4.78 is 0. The van der Waals surface area contributed by atoms with Crippen molar-refractivity contribution in [2.75, 3.05) is 0 Å². The Balaban J connectivity index is 2.63. The van der Waals surface area contributed by atoms with E-state index in [1.165, 1.54) is 11.3 Å². The van der Waals surface area contributed by atoms with E-state index in [0.717, 1.165) is 27.4 Å². The third-order valence-electron chi connectivity index (χ3n) is 2.58. The van der Waals surface area contributed by atoms with Crippen LogP contribution in [0.4, 0.5) is 0 Å². The number of nitrogens with zero attached hydrogens (tertiary/aromatic N) is 1. The highest BCUT2D eigenvalue weighted by atomic mass is 32.1. The SMILES string of the molecule is CCc1ccccc1-c1sc(C)nc1C(=O)O. The van der Waals surface area contributed by atoms with E-state index >= 15 is 0 Å². The van der Waals surface area contributed by atoms with Gasteiger partial charge in [-0.25, -0.2) is 9.78 Å². The van der Waals surface area contributed by atoms with Crippen LogP contribution in [-0.4, -0.2) is 16.1 Å². The molecule has 2 rings (SSSR count). The topological polar surface area (TPSA) is 50.2 Å². The second kappa shape index (κ2) is 4.67. The average Bonchev–Trinajstić information content (AvgIpc) is 2.71. The van der Waals surface area contributed by atoms with E-state index < -0.39 is 5.97 Å². The lowest BCUT2D eigenvalue weighted by molar-refractivity contribution is 0.0692. The first kappa shape index (κ1) is 11.8. The van der Waals surface area contributed by atoms with Crippen molar-refractivity contribution in [3.8, 4) is 10.4 Å². The molecule has 0 saturated heterocycles. The van der Waals surface area contributed by atoms with Gasteiger partial charge in [0, 0.05) is 0 Å². The Morgan fingerprint density at radius 1 is 1.41 bits per heavy atom. The molecule has 2 aromatic rings. The van der Waals surface area contributed by atoms with Crippen LogP contribution < -0.4 is 0 Å². The van der Waals surface area contributed by atoms with Crippen LogP contribution in [0.3, 0.4) is 0 Å². The van der Waals surface area contributed by atoms with Gasteiger partial charge in [0.05, 0.1) is 9.88 Å². The number of hydrogen-bond acceptors (Lipinski definition) is 3. The summed E-state index contributed by atoms with van der Waals surface area (Å²) in [6.07, 6.45) is 0.881. The van der Waals surface area contributed by atoms with E-state index in [1.54, 1.807) is 0 Å². The Morgan fingerprint density at radius 3 is 2.76 bits per heavy atom. The minimum Gasteiger partial charge on any atom is -0.476 e. The van der Waals surface area contributed by atoms with Crippen LogP contribution in [0.1, 0.15) is 28.0 Å². The molecule has 0 bridgehead atoms. The smallest absolute Gasteiger partial charge is 0.356 e. The van der Waals surface area contributed by atoms with Crippen molar-refractivity contribution in [1.29, 1.82) is 0 Å². The van der Waals surface area contributed by atoms with Crippen molar-refractivity contribution < 1.29 is 9.90 Å². The van der Waals surface area contributed by atoms with Gasteiger partial charge >= 0.3 is 5.97 Å². The Labute approximate surface area is 104 Å².